The summed E-state index contributed by atoms with van der Waals surface area (Å²) in [4.78, 5) is 13.6. The number of hydrogen-bond donors (Lipinski definition) is 1. The van der Waals surface area contributed by atoms with Crippen LogP contribution in [0.1, 0.15) is 43.4 Å². The first-order valence-electron chi connectivity index (χ1n) is 11.0. The Balaban J connectivity index is 1.21. The van der Waals surface area contributed by atoms with E-state index in [1.54, 1.807) is 6.26 Å². The van der Waals surface area contributed by atoms with E-state index in [1.165, 1.54) is 19.3 Å². The second-order valence-electron chi connectivity index (χ2n) is 8.04. The van der Waals surface area contributed by atoms with Gasteiger partial charge < -0.3 is 19.5 Å². The van der Waals surface area contributed by atoms with Crippen LogP contribution in [0.25, 0.3) is 0 Å². The van der Waals surface area contributed by atoms with Crippen LogP contribution in [0.2, 0.25) is 0 Å². The summed E-state index contributed by atoms with van der Waals surface area (Å²) in [5, 5.41) is 7.47. The number of nitrogens with zero attached hydrogens (tertiary/aromatic N) is 5. The molecule has 0 radical (unpaired) electrons. The predicted molar refractivity (Wildman–Crippen MR) is 115 cm³/mol. The molecule has 0 unspecified atom stereocenters. The van der Waals surface area contributed by atoms with Crippen LogP contribution in [0, 0.1) is 0 Å². The lowest BCUT2D eigenvalue weighted by Crippen LogP contribution is -2.52. The smallest absolute Gasteiger partial charge is 0.213 e. The number of aliphatic imine (C=N–C) groups is 1. The zero-order chi connectivity index (χ0) is 20.6. The van der Waals surface area contributed by atoms with Crippen LogP contribution < -0.4 is 10.1 Å². The van der Waals surface area contributed by atoms with Crippen molar-refractivity contribution in [3.63, 3.8) is 0 Å². The van der Waals surface area contributed by atoms with Gasteiger partial charge in [0.1, 0.15) is 12.4 Å². The third-order valence-corrected chi connectivity index (χ3v) is 5.85. The van der Waals surface area contributed by atoms with Gasteiger partial charge in [0, 0.05) is 64.6 Å². The highest BCUT2D eigenvalue weighted by Crippen LogP contribution is 2.22. The number of rotatable bonds is 6. The lowest BCUT2D eigenvalue weighted by Gasteiger charge is -2.36. The van der Waals surface area contributed by atoms with Gasteiger partial charge in [-0.25, -0.2) is 4.98 Å². The highest BCUT2D eigenvalue weighted by Gasteiger charge is 2.20. The summed E-state index contributed by atoms with van der Waals surface area (Å²) in [6, 6.07) is 5.99. The molecular formula is C22H32N6O2. The topological polar surface area (TPSA) is 79.0 Å². The second-order valence-corrected chi connectivity index (χ2v) is 8.04. The Bertz CT molecular complexity index is 778. The molecule has 0 spiro atoms. The summed E-state index contributed by atoms with van der Waals surface area (Å²) < 4.78 is 10.9. The van der Waals surface area contributed by atoms with Gasteiger partial charge in [0.25, 0.3) is 0 Å². The number of piperazine rings is 1. The average molecular weight is 413 g/mol. The van der Waals surface area contributed by atoms with Gasteiger partial charge in [0.05, 0.1) is 5.69 Å². The molecule has 8 heteroatoms. The van der Waals surface area contributed by atoms with Crippen LogP contribution >= 0.6 is 0 Å². The van der Waals surface area contributed by atoms with Gasteiger partial charge in [-0.3, -0.25) is 9.89 Å². The van der Waals surface area contributed by atoms with E-state index in [0.717, 1.165) is 68.7 Å². The van der Waals surface area contributed by atoms with E-state index in [2.05, 4.69) is 36.3 Å². The maximum atomic E-state index is 6.02. The van der Waals surface area contributed by atoms with Crippen LogP contribution in [0.15, 0.2) is 40.2 Å². The minimum atomic E-state index is 0.331. The molecule has 2 aromatic rings. The molecular weight excluding hydrogens is 380 g/mol. The molecule has 162 valence electrons. The molecule has 1 N–H and O–H groups in total. The van der Waals surface area contributed by atoms with Crippen LogP contribution in [-0.4, -0.2) is 65.2 Å². The first-order chi connectivity index (χ1) is 14.8. The summed E-state index contributed by atoms with van der Waals surface area (Å²) in [7, 11) is 1.84. The van der Waals surface area contributed by atoms with E-state index in [9.17, 15) is 0 Å². The number of pyridine rings is 1. The Morgan fingerprint density at radius 2 is 2.00 bits per heavy atom. The minimum Gasteiger partial charge on any atom is -0.474 e. The molecule has 0 bridgehead atoms. The van der Waals surface area contributed by atoms with Crippen molar-refractivity contribution in [1.82, 2.24) is 25.3 Å². The summed E-state index contributed by atoms with van der Waals surface area (Å²) in [5.41, 5.74) is 2.10. The Hall–Kier alpha value is -2.61. The summed E-state index contributed by atoms with van der Waals surface area (Å²) in [6.07, 6.45) is 10.0. The van der Waals surface area contributed by atoms with Crippen molar-refractivity contribution in [3.05, 3.63) is 41.9 Å². The van der Waals surface area contributed by atoms with Gasteiger partial charge in [-0.05, 0) is 31.2 Å². The SMILES string of the molecule is CN=C(NCc1ccc(OC2CCCCC2)nc1)N1CCN(Cc2ccon2)CC1. The minimum absolute atomic E-state index is 0.331. The van der Waals surface area contributed by atoms with Crippen molar-refractivity contribution in [2.24, 2.45) is 4.99 Å². The third-order valence-electron chi connectivity index (χ3n) is 5.85. The van der Waals surface area contributed by atoms with Crippen LogP contribution in [0.5, 0.6) is 5.88 Å². The molecule has 2 aromatic heterocycles. The Labute approximate surface area is 178 Å². The van der Waals surface area contributed by atoms with Crippen molar-refractivity contribution in [3.8, 4) is 5.88 Å². The van der Waals surface area contributed by atoms with Gasteiger partial charge in [0.15, 0.2) is 5.96 Å². The molecule has 1 aliphatic carbocycles. The molecule has 1 aliphatic heterocycles. The molecule has 1 saturated carbocycles. The van der Waals surface area contributed by atoms with Gasteiger partial charge in [0.2, 0.25) is 5.88 Å². The fraction of sp³-hybridized carbons (Fsp3) is 0.591. The molecule has 8 nitrogen and oxygen atoms in total. The number of aromatic nitrogens is 2. The maximum absolute atomic E-state index is 6.02. The summed E-state index contributed by atoms with van der Waals surface area (Å²) >= 11 is 0. The highest BCUT2D eigenvalue weighted by molar-refractivity contribution is 5.80. The van der Waals surface area contributed by atoms with Gasteiger partial charge in [-0.2, -0.15) is 0 Å². The summed E-state index contributed by atoms with van der Waals surface area (Å²) in [6.45, 7) is 5.35. The highest BCUT2D eigenvalue weighted by atomic mass is 16.5. The first-order valence-corrected chi connectivity index (χ1v) is 11.0. The molecule has 4 rings (SSSR count). The van der Waals surface area contributed by atoms with Crippen molar-refractivity contribution in [2.75, 3.05) is 33.2 Å². The lowest BCUT2D eigenvalue weighted by atomic mass is 9.98. The molecule has 2 aliphatic rings. The van der Waals surface area contributed by atoms with E-state index < -0.39 is 0 Å². The molecule has 2 fully saturated rings. The van der Waals surface area contributed by atoms with E-state index >= 15 is 0 Å². The van der Waals surface area contributed by atoms with Gasteiger partial charge in [-0.15, -0.1) is 0 Å². The monoisotopic (exact) mass is 412 g/mol. The Kier molecular flexibility index (Phi) is 7.18. The molecule has 0 atom stereocenters. The molecule has 1 saturated heterocycles. The maximum Gasteiger partial charge on any atom is 0.213 e. The lowest BCUT2D eigenvalue weighted by molar-refractivity contribution is 0.148. The van der Waals surface area contributed by atoms with Crippen molar-refractivity contribution >= 4 is 5.96 Å². The number of hydrogen-bond acceptors (Lipinski definition) is 6. The molecule has 3 heterocycles. The third kappa shape index (κ3) is 5.72. The predicted octanol–water partition coefficient (Wildman–Crippen LogP) is 2.67. The largest absolute Gasteiger partial charge is 0.474 e. The van der Waals surface area contributed by atoms with Gasteiger partial charge in [-0.1, -0.05) is 17.6 Å². The molecule has 0 amide bonds. The standard InChI is InChI=1S/C22H32N6O2/c1-23-22(28-12-10-27(11-13-28)17-19-9-14-29-26-19)25-16-18-7-8-21(24-15-18)30-20-5-3-2-4-6-20/h7-9,14-15,20H,2-6,10-13,16-17H2,1H3,(H,23,25). The Morgan fingerprint density at radius 1 is 1.17 bits per heavy atom. The first kappa shape index (κ1) is 20.7. The van der Waals surface area contributed by atoms with E-state index in [4.69, 9.17) is 9.26 Å². The van der Waals surface area contributed by atoms with Crippen molar-refractivity contribution < 1.29 is 9.26 Å². The van der Waals surface area contributed by atoms with E-state index in [1.807, 2.05) is 25.4 Å². The fourth-order valence-corrected chi connectivity index (χ4v) is 4.12. The quantitative estimate of drug-likeness (QED) is 0.577. The second kappa shape index (κ2) is 10.4. The zero-order valence-electron chi connectivity index (χ0n) is 17.8. The van der Waals surface area contributed by atoms with Crippen molar-refractivity contribution in [1.29, 1.82) is 0 Å². The normalized spacial score (nSPS) is 19.1. The van der Waals surface area contributed by atoms with Gasteiger partial charge >= 0.3 is 0 Å². The van der Waals surface area contributed by atoms with Crippen molar-refractivity contribution in [2.45, 2.75) is 51.3 Å². The number of ether oxygens (including phenoxy) is 1. The number of guanidine groups is 1. The van der Waals surface area contributed by atoms with E-state index in [0.29, 0.717) is 12.6 Å². The zero-order valence-corrected chi connectivity index (χ0v) is 17.8. The fourth-order valence-electron chi connectivity index (χ4n) is 4.12. The Morgan fingerprint density at radius 3 is 2.67 bits per heavy atom. The van der Waals surface area contributed by atoms with Crippen LogP contribution in [0.3, 0.4) is 0 Å². The van der Waals surface area contributed by atoms with E-state index in [-0.39, 0.29) is 0 Å². The van der Waals surface area contributed by atoms with Crippen LogP contribution in [0.4, 0.5) is 0 Å². The van der Waals surface area contributed by atoms with Crippen LogP contribution in [-0.2, 0) is 13.1 Å². The summed E-state index contributed by atoms with van der Waals surface area (Å²) in [5.74, 6) is 1.66. The average Bonchev–Trinajstić information content (AvgIpc) is 3.30. The molecule has 30 heavy (non-hydrogen) atoms. The number of nitrogens with one attached hydrogen (secondary N) is 1. The molecule has 0 aromatic carbocycles.